The highest BCUT2D eigenvalue weighted by molar-refractivity contribution is 5.93. The van der Waals surface area contributed by atoms with Crippen LogP contribution in [0.2, 0.25) is 0 Å². The van der Waals surface area contributed by atoms with E-state index < -0.39 is 5.97 Å². The largest absolute Gasteiger partial charge is 0.476 e. The molecule has 0 amide bonds. The number of fused-ring (bicyclic) bond motifs is 1. The number of nitrogens with one attached hydrogen (secondary N) is 1. The van der Waals surface area contributed by atoms with Crippen LogP contribution in [0.1, 0.15) is 43.6 Å². The van der Waals surface area contributed by atoms with Gasteiger partial charge < -0.3 is 10.4 Å². The van der Waals surface area contributed by atoms with Crippen LogP contribution < -0.4 is 5.32 Å². The zero-order valence-corrected chi connectivity index (χ0v) is 12.4. The first-order valence-corrected chi connectivity index (χ1v) is 7.53. The van der Waals surface area contributed by atoms with E-state index in [1.807, 2.05) is 18.2 Å². The minimum atomic E-state index is -0.951. The van der Waals surface area contributed by atoms with Gasteiger partial charge in [0.1, 0.15) is 5.65 Å². The highest BCUT2D eigenvalue weighted by Gasteiger charge is 2.27. The average molecular weight is 287 g/mol. The third kappa shape index (κ3) is 2.60. The van der Waals surface area contributed by atoms with Crippen molar-refractivity contribution in [2.24, 2.45) is 11.8 Å². The average Bonchev–Trinajstić information content (AvgIpc) is 2.80. The Morgan fingerprint density at radius 2 is 2.14 bits per heavy atom. The van der Waals surface area contributed by atoms with E-state index in [1.54, 1.807) is 10.6 Å². The van der Waals surface area contributed by atoms with E-state index in [-0.39, 0.29) is 5.69 Å². The molecule has 1 saturated carbocycles. The second-order valence-corrected chi connectivity index (χ2v) is 6.15. The maximum atomic E-state index is 11.6. The van der Waals surface area contributed by atoms with Crippen molar-refractivity contribution in [1.82, 2.24) is 9.38 Å². The number of hydrogen-bond acceptors (Lipinski definition) is 3. The van der Waals surface area contributed by atoms with Crippen LogP contribution in [0, 0.1) is 11.8 Å². The van der Waals surface area contributed by atoms with Gasteiger partial charge in [0.25, 0.3) is 0 Å². The first-order chi connectivity index (χ1) is 10.1. The van der Waals surface area contributed by atoms with Gasteiger partial charge in [-0.25, -0.2) is 9.78 Å². The van der Waals surface area contributed by atoms with Crippen molar-refractivity contribution in [3.8, 4) is 0 Å². The smallest absolute Gasteiger partial charge is 0.356 e. The monoisotopic (exact) mass is 287 g/mol. The van der Waals surface area contributed by atoms with Crippen molar-refractivity contribution in [3.63, 3.8) is 0 Å². The van der Waals surface area contributed by atoms with Crippen LogP contribution >= 0.6 is 0 Å². The Hall–Kier alpha value is -2.04. The lowest BCUT2D eigenvalue weighted by Gasteiger charge is -2.32. The predicted octanol–water partition coefficient (Wildman–Crippen LogP) is 3.27. The molecule has 5 heteroatoms. The van der Waals surface area contributed by atoms with E-state index >= 15 is 0 Å². The van der Waals surface area contributed by atoms with Gasteiger partial charge in [0.15, 0.2) is 11.5 Å². The molecule has 0 radical (unpaired) electrons. The van der Waals surface area contributed by atoms with E-state index in [0.29, 0.717) is 23.4 Å². The highest BCUT2D eigenvalue weighted by Crippen LogP contribution is 2.31. The number of carboxylic acid groups (broad SMARTS) is 1. The Morgan fingerprint density at radius 1 is 1.33 bits per heavy atom. The molecule has 3 unspecified atom stereocenters. The molecule has 3 rings (SSSR count). The molecular weight excluding hydrogens is 266 g/mol. The molecule has 1 aliphatic carbocycles. The van der Waals surface area contributed by atoms with E-state index in [9.17, 15) is 9.90 Å². The fourth-order valence-electron chi connectivity index (χ4n) is 3.17. The number of aromatic nitrogens is 2. The second kappa shape index (κ2) is 5.39. The number of hydrogen-bond donors (Lipinski definition) is 2. The lowest BCUT2D eigenvalue weighted by molar-refractivity contribution is 0.0690. The lowest BCUT2D eigenvalue weighted by atomic mass is 9.79. The molecule has 0 saturated heterocycles. The second-order valence-electron chi connectivity index (χ2n) is 6.15. The molecule has 0 spiro atoms. The molecule has 1 aliphatic rings. The van der Waals surface area contributed by atoms with Crippen LogP contribution in [0.5, 0.6) is 0 Å². The molecule has 2 N–H and O–H groups in total. The van der Waals surface area contributed by atoms with Crippen LogP contribution in [0.4, 0.5) is 5.82 Å². The first-order valence-electron chi connectivity index (χ1n) is 7.53. The topological polar surface area (TPSA) is 66.6 Å². The van der Waals surface area contributed by atoms with Crippen LogP contribution in [0.3, 0.4) is 0 Å². The summed E-state index contributed by atoms with van der Waals surface area (Å²) in [6.07, 6.45) is 5.05. The maximum absolute atomic E-state index is 11.6. The Balaban J connectivity index is 1.90. The van der Waals surface area contributed by atoms with E-state index in [2.05, 4.69) is 24.1 Å². The third-order valence-electron chi connectivity index (χ3n) is 4.67. The van der Waals surface area contributed by atoms with Crippen LogP contribution in [0.25, 0.3) is 5.65 Å². The number of anilines is 1. The summed E-state index contributed by atoms with van der Waals surface area (Å²) in [5.74, 6) is 0.929. The summed E-state index contributed by atoms with van der Waals surface area (Å²) in [4.78, 5) is 16.0. The van der Waals surface area contributed by atoms with Crippen molar-refractivity contribution < 1.29 is 9.90 Å². The van der Waals surface area contributed by atoms with Gasteiger partial charge in [0.05, 0.1) is 0 Å². The van der Waals surface area contributed by atoms with Crippen molar-refractivity contribution >= 4 is 17.4 Å². The standard InChI is InChI=1S/C16H21N3O2/c1-10-6-7-12(9-11(10)2)17-15-14(16(20)21)19-8-4-3-5-13(19)18-15/h3-5,8,10-12,17H,6-7,9H2,1-2H3,(H,20,21). The molecule has 112 valence electrons. The van der Waals surface area contributed by atoms with Gasteiger partial charge in [-0.3, -0.25) is 4.40 Å². The molecule has 21 heavy (non-hydrogen) atoms. The maximum Gasteiger partial charge on any atom is 0.356 e. The Kier molecular flexibility index (Phi) is 3.57. The zero-order chi connectivity index (χ0) is 15.0. The van der Waals surface area contributed by atoms with Gasteiger partial charge in [-0.2, -0.15) is 0 Å². The van der Waals surface area contributed by atoms with Crippen LogP contribution in [0.15, 0.2) is 24.4 Å². The molecular formula is C16H21N3O2. The summed E-state index contributed by atoms with van der Waals surface area (Å²) < 4.78 is 1.62. The summed E-state index contributed by atoms with van der Waals surface area (Å²) >= 11 is 0. The van der Waals surface area contributed by atoms with Crippen LogP contribution in [-0.4, -0.2) is 26.5 Å². The van der Waals surface area contributed by atoms with E-state index in [4.69, 9.17) is 0 Å². The van der Waals surface area contributed by atoms with Crippen LogP contribution in [-0.2, 0) is 0 Å². The molecule has 0 bridgehead atoms. The number of imidazole rings is 1. The SMILES string of the molecule is CC1CCC(Nc2nc3ccccn3c2C(=O)O)CC1C. The van der Waals surface area contributed by atoms with E-state index in [1.165, 1.54) is 6.42 Å². The van der Waals surface area contributed by atoms with Crippen molar-refractivity contribution in [1.29, 1.82) is 0 Å². The fraction of sp³-hybridized carbons (Fsp3) is 0.500. The Labute approximate surface area is 124 Å². The molecule has 1 fully saturated rings. The van der Waals surface area contributed by atoms with Gasteiger partial charge in [0.2, 0.25) is 0 Å². The predicted molar refractivity (Wildman–Crippen MR) is 81.7 cm³/mol. The Morgan fingerprint density at radius 3 is 2.86 bits per heavy atom. The molecule has 0 aliphatic heterocycles. The number of carboxylic acids is 1. The third-order valence-corrected chi connectivity index (χ3v) is 4.67. The molecule has 3 atom stereocenters. The van der Waals surface area contributed by atoms with Gasteiger partial charge in [-0.05, 0) is 43.2 Å². The first kappa shape index (κ1) is 13.9. The highest BCUT2D eigenvalue weighted by atomic mass is 16.4. The minimum absolute atomic E-state index is 0.219. The minimum Gasteiger partial charge on any atom is -0.476 e. The number of pyridine rings is 1. The molecule has 2 aromatic heterocycles. The quantitative estimate of drug-likeness (QED) is 0.909. The molecule has 2 aromatic rings. The number of rotatable bonds is 3. The Bertz CT molecular complexity index is 665. The lowest BCUT2D eigenvalue weighted by Crippen LogP contribution is -2.31. The van der Waals surface area contributed by atoms with Crippen molar-refractivity contribution in [2.75, 3.05) is 5.32 Å². The van der Waals surface area contributed by atoms with Gasteiger partial charge in [0, 0.05) is 12.2 Å². The summed E-state index contributed by atoms with van der Waals surface area (Å²) in [7, 11) is 0. The van der Waals surface area contributed by atoms with Crippen molar-refractivity contribution in [3.05, 3.63) is 30.1 Å². The van der Waals surface area contributed by atoms with Gasteiger partial charge in [-0.15, -0.1) is 0 Å². The summed E-state index contributed by atoms with van der Waals surface area (Å²) in [6.45, 7) is 4.55. The van der Waals surface area contributed by atoms with E-state index in [0.717, 1.165) is 18.8 Å². The number of carbonyl (C=O) groups is 1. The summed E-state index contributed by atoms with van der Waals surface area (Å²) in [5, 5.41) is 12.8. The van der Waals surface area contributed by atoms with Gasteiger partial charge >= 0.3 is 5.97 Å². The number of aromatic carboxylic acids is 1. The zero-order valence-electron chi connectivity index (χ0n) is 12.4. The normalized spacial score (nSPS) is 25.9. The molecule has 5 nitrogen and oxygen atoms in total. The number of nitrogens with zero attached hydrogens (tertiary/aromatic N) is 2. The molecule has 2 heterocycles. The van der Waals surface area contributed by atoms with Crippen molar-refractivity contribution in [2.45, 2.75) is 39.2 Å². The fourth-order valence-corrected chi connectivity index (χ4v) is 3.17. The molecule has 0 aromatic carbocycles. The van der Waals surface area contributed by atoms with Gasteiger partial charge in [-0.1, -0.05) is 19.9 Å². The summed E-state index contributed by atoms with van der Waals surface area (Å²) in [5.41, 5.74) is 0.881. The summed E-state index contributed by atoms with van der Waals surface area (Å²) in [6, 6.07) is 5.81.